The Morgan fingerprint density at radius 1 is 1.29 bits per heavy atom. The lowest BCUT2D eigenvalue weighted by Gasteiger charge is -2.16. The summed E-state index contributed by atoms with van der Waals surface area (Å²) in [5.74, 6) is 0.955. The van der Waals surface area contributed by atoms with Gasteiger partial charge in [-0.1, -0.05) is 47.0 Å². The van der Waals surface area contributed by atoms with Gasteiger partial charge in [-0.05, 0) is 12.3 Å². The number of carbonyl (C=O) groups is 1. The van der Waals surface area contributed by atoms with Gasteiger partial charge in [-0.15, -0.1) is 0 Å². The monoisotopic (exact) mass is 199 g/mol. The van der Waals surface area contributed by atoms with E-state index in [1.165, 1.54) is 25.7 Å². The van der Waals surface area contributed by atoms with Gasteiger partial charge in [0.1, 0.15) is 0 Å². The second kappa shape index (κ2) is 7.84. The fraction of sp³-hybridized carbons (Fsp3) is 0.917. The topological polar surface area (TPSA) is 29.1 Å². The molecule has 0 aliphatic carbocycles. The van der Waals surface area contributed by atoms with Crippen molar-refractivity contribution in [2.24, 2.45) is 11.8 Å². The van der Waals surface area contributed by atoms with Crippen molar-refractivity contribution in [1.29, 1.82) is 0 Å². The van der Waals surface area contributed by atoms with Gasteiger partial charge in [0.05, 0.1) is 0 Å². The highest BCUT2D eigenvalue weighted by molar-refractivity contribution is 5.77. The molecule has 0 aliphatic heterocycles. The van der Waals surface area contributed by atoms with Crippen molar-refractivity contribution in [3.8, 4) is 0 Å². The van der Waals surface area contributed by atoms with Crippen molar-refractivity contribution in [2.45, 2.75) is 53.4 Å². The van der Waals surface area contributed by atoms with Crippen LogP contribution >= 0.6 is 0 Å². The van der Waals surface area contributed by atoms with Crippen LogP contribution in [0.25, 0.3) is 0 Å². The third-order valence-corrected chi connectivity index (χ3v) is 2.63. The first-order valence-electron chi connectivity index (χ1n) is 5.89. The van der Waals surface area contributed by atoms with E-state index in [-0.39, 0.29) is 11.8 Å². The van der Waals surface area contributed by atoms with Gasteiger partial charge in [-0.2, -0.15) is 0 Å². The zero-order chi connectivity index (χ0) is 11.0. The highest BCUT2D eigenvalue weighted by atomic mass is 16.1. The molecular formula is C12H25NO. The van der Waals surface area contributed by atoms with Gasteiger partial charge >= 0.3 is 0 Å². The molecule has 0 aromatic heterocycles. The third-order valence-electron chi connectivity index (χ3n) is 2.63. The Morgan fingerprint density at radius 2 is 1.93 bits per heavy atom. The number of unbranched alkanes of at least 4 members (excludes halogenated alkanes) is 1. The van der Waals surface area contributed by atoms with Gasteiger partial charge in [-0.3, -0.25) is 4.79 Å². The fourth-order valence-electron chi connectivity index (χ4n) is 1.39. The zero-order valence-electron chi connectivity index (χ0n) is 10.1. The Balaban J connectivity index is 3.66. The summed E-state index contributed by atoms with van der Waals surface area (Å²) in [7, 11) is 0. The molecule has 0 aromatic rings. The van der Waals surface area contributed by atoms with E-state index < -0.39 is 0 Å². The molecule has 1 atom stereocenters. The normalized spacial score (nSPS) is 12.9. The highest BCUT2D eigenvalue weighted by Crippen LogP contribution is 2.11. The predicted molar refractivity (Wildman–Crippen MR) is 61.2 cm³/mol. The van der Waals surface area contributed by atoms with Gasteiger partial charge in [-0.25, -0.2) is 0 Å². The zero-order valence-corrected chi connectivity index (χ0v) is 10.1. The van der Waals surface area contributed by atoms with Crippen molar-refractivity contribution >= 4 is 5.91 Å². The van der Waals surface area contributed by atoms with Crippen LogP contribution in [0.15, 0.2) is 0 Å². The summed E-state index contributed by atoms with van der Waals surface area (Å²) in [6.45, 7) is 9.12. The van der Waals surface area contributed by atoms with Gasteiger partial charge in [0, 0.05) is 12.5 Å². The predicted octanol–water partition coefficient (Wildman–Crippen LogP) is 2.98. The first kappa shape index (κ1) is 13.5. The molecule has 2 nitrogen and oxygen atoms in total. The fourth-order valence-corrected chi connectivity index (χ4v) is 1.39. The lowest BCUT2D eigenvalue weighted by atomic mass is 9.99. The molecule has 0 radical (unpaired) electrons. The van der Waals surface area contributed by atoms with Gasteiger partial charge < -0.3 is 5.32 Å². The van der Waals surface area contributed by atoms with Crippen LogP contribution in [0, 0.1) is 11.8 Å². The summed E-state index contributed by atoms with van der Waals surface area (Å²) in [5.41, 5.74) is 0. The van der Waals surface area contributed by atoms with Gasteiger partial charge in [0.15, 0.2) is 0 Å². The smallest absolute Gasteiger partial charge is 0.222 e. The van der Waals surface area contributed by atoms with Crippen molar-refractivity contribution in [1.82, 2.24) is 5.32 Å². The standard InChI is InChI=1S/C12H25NO/c1-5-7-8-11(6-2)9-13-12(14)10(3)4/h10-11H,5-9H2,1-4H3,(H,13,14). The number of nitrogens with one attached hydrogen (secondary N) is 1. The van der Waals surface area contributed by atoms with E-state index in [2.05, 4.69) is 19.2 Å². The number of hydrogen-bond donors (Lipinski definition) is 1. The molecule has 14 heavy (non-hydrogen) atoms. The maximum atomic E-state index is 11.3. The van der Waals surface area contributed by atoms with Gasteiger partial charge in [0.25, 0.3) is 0 Å². The Labute approximate surface area is 88.5 Å². The average Bonchev–Trinajstić information content (AvgIpc) is 2.17. The molecule has 2 heteroatoms. The van der Waals surface area contributed by atoms with Crippen LogP contribution in [0.1, 0.15) is 53.4 Å². The summed E-state index contributed by atoms with van der Waals surface area (Å²) in [6, 6.07) is 0. The molecule has 0 fully saturated rings. The Bertz CT molecular complexity index is 154. The number of rotatable bonds is 7. The molecule has 0 aliphatic rings. The summed E-state index contributed by atoms with van der Waals surface area (Å²) in [4.78, 5) is 11.3. The van der Waals surface area contributed by atoms with Crippen LogP contribution in [0.4, 0.5) is 0 Å². The largest absolute Gasteiger partial charge is 0.356 e. The molecular weight excluding hydrogens is 174 g/mol. The molecule has 0 saturated heterocycles. The Morgan fingerprint density at radius 3 is 2.36 bits per heavy atom. The molecule has 0 aromatic carbocycles. The van der Waals surface area contributed by atoms with E-state index >= 15 is 0 Å². The third kappa shape index (κ3) is 6.01. The molecule has 0 rings (SSSR count). The molecule has 0 heterocycles. The molecule has 1 unspecified atom stereocenters. The van der Waals surface area contributed by atoms with Crippen LogP contribution in [0.2, 0.25) is 0 Å². The minimum atomic E-state index is 0.110. The summed E-state index contributed by atoms with van der Waals surface area (Å²) >= 11 is 0. The minimum Gasteiger partial charge on any atom is -0.356 e. The minimum absolute atomic E-state index is 0.110. The van der Waals surface area contributed by atoms with Crippen molar-refractivity contribution in [3.05, 3.63) is 0 Å². The van der Waals surface area contributed by atoms with E-state index in [0.29, 0.717) is 5.92 Å². The number of hydrogen-bond acceptors (Lipinski definition) is 1. The van der Waals surface area contributed by atoms with E-state index in [4.69, 9.17) is 0 Å². The first-order chi connectivity index (χ1) is 6.61. The maximum absolute atomic E-state index is 11.3. The summed E-state index contributed by atoms with van der Waals surface area (Å²) in [5, 5.41) is 3.00. The lowest BCUT2D eigenvalue weighted by molar-refractivity contribution is -0.124. The van der Waals surface area contributed by atoms with Crippen molar-refractivity contribution < 1.29 is 4.79 Å². The Kier molecular flexibility index (Phi) is 7.54. The summed E-state index contributed by atoms with van der Waals surface area (Å²) in [6.07, 6.45) is 4.93. The van der Waals surface area contributed by atoms with Crippen LogP contribution < -0.4 is 5.32 Å². The SMILES string of the molecule is CCCCC(CC)CNC(=O)C(C)C. The van der Waals surface area contributed by atoms with E-state index in [0.717, 1.165) is 6.54 Å². The quantitative estimate of drug-likeness (QED) is 0.671. The molecule has 0 saturated carbocycles. The lowest BCUT2D eigenvalue weighted by Crippen LogP contribution is -2.32. The van der Waals surface area contributed by atoms with E-state index in [9.17, 15) is 4.79 Å². The molecule has 1 amide bonds. The Hall–Kier alpha value is -0.530. The van der Waals surface area contributed by atoms with Crippen LogP contribution in [0.3, 0.4) is 0 Å². The molecule has 0 bridgehead atoms. The average molecular weight is 199 g/mol. The second-order valence-corrected chi connectivity index (χ2v) is 4.32. The first-order valence-corrected chi connectivity index (χ1v) is 5.89. The van der Waals surface area contributed by atoms with Crippen LogP contribution in [-0.4, -0.2) is 12.5 Å². The summed E-state index contributed by atoms with van der Waals surface area (Å²) < 4.78 is 0. The van der Waals surface area contributed by atoms with Crippen molar-refractivity contribution in [3.63, 3.8) is 0 Å². The molecule has 0 spiro atoms. The van der Waals surface area contributed by atoms with Crippen LogP contribution in [0.5, 0.6) is 0 Å². The number of carbonyl (C=O) groups excluding carboxylic acids is 1. The highest BCUT2D eigenvalue weighted by Gasteiger charge is 2.10. The van der Waals surface area contributed by atoms with Crippen LogP contribution in [-0.2, 0) is 4.79 Å². The molecule has 84 valence electrons. The van der Waals surface area contributed by atoms with E-state index in [1.54, 1.807) is 0 Å². The maximum Gasteiger partial charge on any atom is 0.222 e. The number of amides is 1. The van der Waals surface area contributed by atoms with Crippen molar-refractivity contribution in [2.75, 3.05) is 6.54 Å². The van der Waals surface area contributed by atoms with Gasteiger partial charge in [0.2, 0.25) is 5.91 Å². The van der Waals surface area contributed by atoms with E-state index in [1.807, 2.05) is 13.8 Å². The second-order valence-electron chi connectivity index (χ2n) is 4.32. The molecule has 1 N–H and O–H groups in total.